The second-order valence-corrected chi connectivity index (χ2v) is 5.06. The normalized spacial score (nSPS) is 14.4. The Bertz CT molecular complexity index is 384. The van der Waals surface area contributed by atoms with Crippen LogP contribution in [0.5, 0.6) is 0 Å². The van der Waals surface area contributed by atoms with Crippen molar-refractivity contribution in [1.29, 1.82) is 0 Å². The van der Waals surface area contributed by atoms with Gasteiger partial charge in [0.2, 0.25) is 0 Å². The van der Waals surface area contributed by atoms with Gasteiger partial charge in [-0.05, 0) is 13.8 Å². The van der Waals surface area contributed by atoms with Gasteiger partial charge in [-0.25, -0.2) is 10.1 Å². The zero-order valence-electron chi connectivity index (χ0n) is 7.31. The summed E-state index contributed by atoms with van der Waals surface area (Å²) in [6.07, 6.45) is 0. The zero-order chi connectivity index (χ0) is 10.1. The van der Waals surface area contributed by atoms with Gasteiger partial charge in [0.1, 0.15) is 0 Å². The molecule has 7 heteroatoms. The molecule has 0 aliphatic rings. The predicted molar refractivity (Wildman–Crippen MR) is 51.5 cm³/mol. The maximum Gasteiger partial charge on any atom is 0.274 e. The van der Waals surface area contributed by atoms with Crippen molar-refractivity contribution >= 4 is 21.5 Å². The quantitative estimate of drug-likeness (QED) is 0.770. The third-order valence-corrected chi connectivity index (χ3v) is 2.90. The predicted octanol–water partition coefficient (Wildman–Crippen LogP) is 0.306. The lowest BCUT2D eigenvalue weighted by Gasteiger charge is -2.07. The van der Waals surface area contributed by atoms with Crippen molar-refractivity contribution in [3.63, 3.8) is 0 Å². The Hall–Kier alpha value is -0.500. The maximum atomic E-state index is 10.7. The van der Waals surface area contributed by atoms with Gasteiger partial charge in [0.05, 0.1) is 16.7 Å². The fourth-order valence-corrected chi connectivity index (χ4v) is 2.21. The molecule has 0 spiro atoms. The molecule has 0 aliphatic heterocycles. The van der Waals surface area contributed by atoms with E-state index in [4.69, 9.17) is 5.14 Å². The van der Waals surface area contributed by atoms with Crippen molar-refractivity contribution in [3.8, 4) is 0 Å². The molecule has 1 unspecified atom stereocenters. The Morgan fingerprint density at radius 2 is 2.31 bits per heavy atom. The fourth-order valence-electron chi connectivity index (χ4n) is 0.886. The molecule has 0 amide bonds. The number of nitrogens with two attached hydrogens (primary N) is 1. The molecule has 1 heterocycles. The summed E-state index contributed by atoms with van der Waals surface area (Å²) in [6, 6.07) is -0.375. The van der Waals surface area contributed by atoms with Crippen LogP contribution < -0.4 is 9.86 Å². The van der Waals surface area contributed by atoms with E-state index in [-0.39, 0.29) is 6.04 Å². The molecule has 0 fully saturated rings. The summed E-state index contributed by atoms with van der Waals surface area (Å²) in [5.41, 5.74) is 0.691. The molecule has 1 aromatic heterocycles. The summed E-state index contributed by atoms with van der Waals surface area (Å²) in [5.74, 6) is 0. The highest BCUT2D eigenvalue weighted by Gasteiger charge is 2.13. The number of rotatable bonds is 3. The van der Waals surface area contributed by atoms with Gasteiger partial charge in [-0.3, -0.25) is 0 Å². The molecule has 1 aromatic rings. The minimum Gasteiger partial charge on any atom is -0.245 e. The molecule has 0 saturated carbocycles. The standard InChI is InChI=1S/C6H11N3O2S2/c1-4(9-13(7,10)11)6-3-12-5(2)8-6/h3-4,9H,1-2H3,(H2,7,10,11). The monoisotopic (exact) mass is 221 g/mol. The number of nitrogens with one attached hydrogen (secondary N) is 1. The van der Waals surface area contributed by atoms with E-state index in [9.17, 15) is 8.42 Å². The molecule has 3 N–H and O–H groups in total. The Morgan fingerprint density at radius 3 is 2.69 bits per heavy atom. The lowest BCUT2D eigenvalue weighted by molar-refractivity contribution is 0.566. The van der Waals surface area contributed by atoms with Crippen LogP contribution in [0.1, 0.15) is 23.7 Å². The van der Waals surface area contributed by atoms with Crippen LogP contribution in [0, 0.1) is 6.92 Å². The number of aromatic nitrogens is 1. The van der Waals surface area contributed by atoms with E-state index in [1.54, 1.807) is 12.3 Å². The summed E-state index contributed by atoms with van der Waals surface area (Å²) in [5, 5.41) is 7.52. The average molecular weight is 221 g/mol. The fraction of sp³-hybridized carbons (Fsp3) is 0.500. The first kappa shape index (κ1) is 10.6. The molecule has 13 heavy (non-hydrogen) atoms. The minimum atomic E-state index is -3.65. The SMILES string of the molecule is Cc1nc(C(C)NS(N)(=O)=O)cs1. The summed E-state index contributed by atoms with van der Waals surface area (Å²) in [4.78, 5) is 4.13. The summed E-state index contributed by atoms with van der Waals surface area (Å²) in [6.45, 7) is 3.55. The van der Waals surface area contributed by atoms with Crippen molar-refractivity contribution in [2.75, 3.05) is 0 Å². The van der Waals surface area contributed by atoms with E-state index >= 15 is 0 Å². The van der Waals surface area contributed by atoms with Gasteiger partial charge in [-0.15, -0.1) is 11.3 Å². The summed E-state index contributed by atoms with van der Waals surface area (Å²) < 4.78 is 23.6. The highest BCUT2D eigenvalue weighted by Crippen LogP contribution is 2.15. The maximum absolute atomic E-state index is 10.7. The van der Waals surface area contributed by atoms with Crippen LogP contribution in [0.2, 0.25) is 0 Å². The second kappa shape index (κ2) is 3.70. The van der Waals surface area contributed by atoms with Crippen molar-refractivity contribution in [2.24, 2.45) is 5.14 Å². The Labute approximate surface area is 81.2 Å². The van der Waals surface area contributed by atoms with E-state index in [0.29, 0.717) is 5.69 Å². The highest BCUT2D eigenvalue weighted by atomic mass is 32.2. The van der Waals surface area contributed by atoms with Gasteiger partial charge in [0.25, 0.3) is 10.2 Å². The van der Waals surface area contributed by atoms with Gasteiger partial charge in [-0.1, -0.05) is 0 Å². The topological polar surface area (TPSA) is 85.1 Å². The molecule has 0 radical (unpaired) electrons. The van der Waals surface area contributed by atoms with Crippen molar-refractivity contribution in [3.05, 3.63) is 16.1 Å². The van der Waals surface area contributed by atoms with E-state index < -0.39 is 10.2 Å². The number of nitrogens with zero attached hydrogens (tertiary/aromatic N) is 1. The largest absolute Gasteiger partial charge is 0.274 e. The van der Waals surface area contributed by atoms with Crippen LogP contribution >= 0.6 is 11.3 Å². The minimum absolute atomic E-state index is 0.375. The highest BCUT2D eigenvalue weighted by molar-refractivity contribution is 7.87. The number of aryl methyl sites for hydroxylation is 1. The van der Waals surface area contributed by atoms with Crippen molar-refractivity contribution in [1.82, 2.24) is 9.71 Å². The van der Waals surface area contributed by atoms with Crippen molar-refractivity contribution in [2.45, 2.75) is 19.9 Å². The van der Waals surface area contributed by atoms with E-state index in [2.05, 4.69) is 9.71 Å². The van der Waals surface area contributed by atoms with Gasteiger partial charge in [0, 0.05) is 5.38 Å². The summed E-state index contributed by atoms with van der Waals surface area (Å²) >= 11 is 1.47. The van der Waals surface area contributed by atoms with Gasteiger partial charge < -0.3 is 0 Å². The lowest BCUT2D eigenvalue weighted by Crippen LogP contribution is -2.33. The number of hydrogen-bond acceptors (Lipinski definition) is 4. The molecule has 0 bridgehead atoms. The van der Waals surface area contributed by atoms with E-state index in [1.807, 2.05) is 6.92 Å². The lowest BCUT2D eigenvalue weighted by atomic mass is 10.3. The number of hydrogen-bond donors (Lipinski definition) is 2. The first-order chi connectivity index (χ1) is 5.88. The molecule has 1 atom stereocenters. The average Bonchev–Trinajstić information content (AvgIpc) is 2.31. The Kier molecular flexibility index (Phi) is 3.01. The van der Waals surface area contributed by atoms with Crippen LogP contribution in [0.25, 0.3) is 0 Å². The molecule has 5 nitrogen and oxygen atoms in total. The van der Waals surface area contributed by atoms with Crippen LogP contribution in [0.3, 0.4) is 0 Å². The molecule has 1 rings (SSSR count). The van der Waals surface area contributed by atoms with Crippen LogP contribution in [-0.2, 0) is 10.2 Å². The van der Waals surface area contributed by atoms with Crippen LogP contribution in [-0.4, -0.2) is 13.4 Å². The molecule has 0 saturated heterocycles. The third-order valence-electron chi connectivity index (χ3n) is 1.42. The zero-order valence-corrected chi connectivity index (χ0v) is 8.95. The molecule has 0 aliphatic carbocycles. The molecule has 0 aromatic carbocycles. The second-order valence-electron chi connectivity index (χ2n) is 2.68. The molecular formula is C6H11N3O2S2. The van der Waals surface area contributed by atoms with Gasteiger partial charge in [-0.2, -0.15) is 13.1 Å². The van der Waals surface area contributed by atoms with Crippen molar-refractivity contribution < 1.29 is 8.42 Å². The number of thiazole rings is 1. The summed E-state index contributed by atoms with van der Waals surface area (Å²) in [7, 11) is -3.65. The van der Waals surface area contributed by atoms with E-state index in [0.717, 1.165) is 5.01 Å². The first-order valence-electron chi connectivity index (χ1n) is 3.60. The Balaban J connectivity index is 2.75. The van der Waals surface area contributed by atoms with Crippen LogP contribution in [0.15, 0.2) is 5.38 Å². The van der Waals surface area contributed by atoms with Gasteiger partial charge >= 0.3 is 0 Å². The van der Waals surface area contributed by atoms with E-state index in [1.165, 1.54) is 11.3 Å². The van der Waals surface area contributed by atoms with Gasteiger partial charge in [0.15, 0.2) is 0 Å². The first-order valence-corrected chi connectivity index (χ1v) is 6.03. The molecular weight excluding hydrogens is 210 g/mol. The molecule has 74 valence electrons. The third kappa shape index (κ3) is 3.39. The Morgan fingerprint density at radius 1 is 1.69 bits per heavy atom. The smallest absolute Gasteiger partial charge is 0.245 e. The van der Waals surface area contributed by atoms with Crippen LogP contribution in [0.4, 0.5) is 0 Å².